The first kappa shape index (κ1) is 22.7. The van der Waals surface area contributed by atoms with Crippen LogP contribution in [0.1, 0.15) is 36.5 Å². The van der Waals surface area contributed by atoms with Crippen molar-refractivity contribution in [3.8, 4) is 5.75 Å². The van der Waals surface area contributed by atoms with E-state index < -0.39 is 16.8 Å². The van der Waals surface area contributed by atoms with Crippen molar-refractivity contribution >= 4 is 5.91 Å². The molecule has 1 aliphatic rings. The number of halogens is 1. The lowest BCUT2D eigenvalue weighted by Gasteiger charge is -2.43. The highest BCUT2D eigenvalue weighted by Gasteiger charge is 2.38. The van der Waals surface area contributed by atoms with Gasteiger partial charge in [-0.15, -0.1) is 0 Å². The molecule has 3 aromatic rings. The third-order valence-corrected chi connectivity index (χ3v) is 6.10. The summed E-state index contributed by atoms with van der Waals surface area (Å²) in [7, 11) is 0. The summed E-state index contributed by atoms with van der Waals surface area (Å²) in [6.45, 7) is 5.92. The van der Waals surface area contributed by atoms with Gasteiger partial charge in [-0.25, -0.2) is 9.37 Å². The number of aromatic hydroxyl groups is 1. The highest BCUT2D eigenvalue weighted by atomic mass is 19.1. The second kappa shape index (κ2) is 9.15. The second-order valence-corrected chi connectivity index (χ2v) is 8.73. The van der Waals surface area contributed by atoms with Gasteiger partial charge in [0.1, 0.15) is 11.6 Å². The number of hydrogen-bond acceptors (Lipinski definition) is 5. The Bertz CT molecular complexity index is 1210. The molecule has 0 saturated heterocycles. The number of aromatic nitrogens is 2. The van der Waals surface area contributed by atoms with Gasteiger partial charge in [0.2, 0.25) is 11.7 Å². The number of carbonyl (C=O) groups is 1. The molecular weight excluding hydrogens is 423 g/mol. The average Bonchev–Trinajstić information content (AvgIpc) is 2.80. The van der Waals surface area contributed by atoms with Crippen molar-refractivity contribution in [2.75, 3.05) is 6.54 Å². The van der Waals surface area contributed by atoms with E-state index in [0.29, 0.717) is 25.5 Å². The molecule has 2 aromatic carbocycles. The highest BCUT2D eigenvalue weighted by Crippen LogP contribution is 2.32. The Hall–Kier alpha value is -3.52. The summed E-state index contributed by atoms with van der Waals surface area (Å²) in [6, 6.07) is 15.9. The maximum absolute atomic E-state index is 13.0. The van der Waals surface area contributed by atoms with Gasteiger partial charge in [0.05, 0.1) is 17.7 Å². The molecule has 0 fully saturated rings. The number of carbonyl (C=O) groups excluding carboxylic acids is 1. The van der Waals surface area contributed by atoms with Crippen LogP contribution < -0.4 is 10.9 Å². The van der Waals surface area contributed by atoms with E-state index in [0.717, 1.165) is 11.1 Å². The monoisotopic (exact) mass is 450 g/mol. The predicted octanol–water partition coefficient (Wildman–Crippen LogP) is 2.70. The molecule has 0 bridgehead atoms. The first-order valence-electron chi connectivity index (χ1n) is 10.9. The number of fused-ring (bicyclic) bond motifs is 1. The van der Waals surface area contributed by atoms with E-state index in [2.05, 4.69) is 27.3 Å². The molecule has 0 radical (unpaired) electrons. The fraction of sp³-hybridized carbons (Fsp3) is 0.320. The predicted molar refractivity (Wildman–Crippen MR) is 122 cm³/mol. The van der Waals surface area contributed by atoms with Gasteiger partial charge in [0.25, 0.3) is 5.56 Å². The Morgan fingerprint density at radius 1 is 1.09 bits per heavy atom. The lowest BCUT2D eigenvalue weighted by Crippen LogP contribution is -2.52. The maximum Gasteiger partial charge on any atom is 0.296 e. The van der Waals surface area contributed by atoms with Gasteiger partial charge < -0.3 is 10.4 Å². The molecule has 1 amide bonds. The largest absolute Gasteiger partial charge is 0.502 e. The zero-order chi connectivity index (χ0) is 23.6. The Kier molecular flexibility index (Phi) is 6.29. The molecule has 7 nitrogen and oxygen atoms in total. The summed E-state index contributed by atoms with van der Waals surface area (Å²) in [5.74, 6) is -0.712. The van der Waals surface area contributed by atoms with Crippen LogP contribution in [0.4, 0.5) is 4.39 Å². The van der Waals surface area contributed by atoms with Crippen molar-refractivity contribution in [1.82, 2.24) is 19.8 Å². The first-order chi connectivity index (χ1) is 15.8. The van der Waals surface area contributed by atoms with E-state index in [4.69, 9.17) is 0 Å². The Labute approximate surface area is 191 Å². The molecule has 33 heavy (non-hydrogen) atoms. The van der Waals surface area contributed by atoms with E-state index in [-0.39, 0.29) is 30.4 Å². The summed E-state index contributed by atoms with van der Waals surface area (Å²) >= 11 is 0. The average molecular weight is 451 g/mol. The maximum atomic E-state index is 13.0. The topological polar surface area (TPSA) is 87.5 Å². The summed E-state index contributed by atoms with van der Waals surface area (Å²) in [6.07, 6.45) is -0.231. The van der Waals surface area contributed by atoms with E-state index in [1.165, 1.54) is 16.7 Å². The van der Waals surface area contributed by atoms with Crippen LogP contribution >= 0.6 is 0 Å². The van der Waals surface area contributed by atoms with Crippen molar-refractivity contribution in [3.05, 3.63) is 93.4 Å². The number of nitrogens with zero attached hydrogens (tertiary/aromatic N) is 3. The molecule has 0 saturated carbocycles. The normalized spacial score (nSPS) is 15.1. The van der Waals surface area contributed by atoms with Crippen molar-refractivity contribution in [2.45, 2.75) is 45.4 Å². The smallest absolute Gasteiger partial charge is 0.296 e. The number of nitrogens with one attached hydrogen (secondary N) is 1. The summed E-state index contributed by atoms with van der Waals surface area (Å²) in [5.41, 5.74) is 0.831. The molecule has 0 aliphatic carbocycles. The molecule has 0 atom stereocenters. The van der Waals surface area contributed by atoms with Crippen LogP contribution in [0.25, 0.3) is 0 Å². The van der Waals surface area contributed by atoms with Gasteiger partial charge in [-0.2, -0.15) is 0 Å². The quantitative estimate of drug-likeness (QED) is 0.603. The van der Waals surface area contributed by atoms with Crippen LogP contribution in [-0.4, -0.2) is 32.0 Å². The summed E-state index contributed by atoms with van der Waals surface area (Å²) in [4.78, 5) is 32.2. The molecule has 1 aliphatic heterocycles. The highest BCUT2D eigenvalue weighted by molar-refractivity contribution is 5.78. The number of benzene rings is 2. The number of rotatable bonds is 6. The summed E-state index contributed by atoms with van der Waals surface area (Å²) in [5, 5.41) is 13.2. The van der Waals surface area contributed by atoms with Gasteiger partial charge in [-0.05, 0) is 37.1 Å². The van der Waals surface area contributed by atoms with E-state index >= 15 is 0 Å². The molecule has 2 heterocycles. The fourth-order valence-electron chi connectivity index (χ4n) is 4.13. The van der Waals surface area contributed by atoms with Gasteiger partial charge in [-0.3, -0.25) is 19.1 Å². The van der Waals surface area contributed by atoms with Crippen LogP contribution in [0.3, 0.4) is 0 Å². The Morgan fingerprint density at radius 3 is 2.48 bits per heavy atom. The number of amides is 1. The van der Waals surface area contributed by atoms with Crippen LogP contribution in [0, 0.1) is 5.82 Å². The first-order valence-corrected chi connectivity index (χ1v) is 10.9. The van der Waals surface area contributed by atoms with E-state index in [9.17, 15) is 19.1 Å². The lowest BCUT2D eigenvalue weighted by atomic mass is 9.97. The van der Waals surface area contributed by atoms with E-state index in [1.54, 1.807) is 12.1 Å². The van der Waals surface area contributed by atoms with Crippen molar-refractivity contribution in [3.63, 3.8) is 0 Å². The molecule has 8 heteroatoms. The minimum Gasteiger partial charge on any atom is -0.502 e. The van der Waals surface area contributed by atoms with Gasteiger partial charge in [-0.1, -0.05) is 42.5 Å². The van der Waals surface area contributed by atoms with Crippen molar-refractivity contribution in [1.29, 1.82) is 0 Å². The van der Waals surface area contributed by atoms with Crippen LogP contribution in [-0.2, 0) is 36.4 Å². The van der Waals surface area contributed by atoms with Crippen LogP contribution in [0.5, 0.6) is 5.75 Å². The molecule has 1 aromatic heterocycles. The zero-order valence-corrected chi connectivity index (χ0v) is 18.7. The standard InChI is InChI=1S/C25H27FN4O3/c1-25(2)24-28-20(14-21(31)27-15-17-8-10-19(26)11-9-17)22(32)23(33)30(24)13-12-29(25)16-18-6-4-3-5-7-18/h3-11,32H,12-16H2,1-2H3,(H,27,31). The molecule has 0 spiro atoms. The lowest BCUT2D eigenvalue weighted by molar-refractivity contribution is -0.120. The van der Waals surface area contributed by atoms with Crippen LogP contribution in [0.2, 0.25) is 0 Å². The minimum atomic E-state index is -0.583. The van der Waals surface area contributed by atoms with E-state index in [1.807, 2.05) is 32.0 Å². The zero-order valence-electron chi connectivity index (χ0n) is 18.7. The summed E-state index contributed by atoms with van der Waals surface area (Å²) < 4.78 is 14.5. The Morgan fingerprint density at radius 2 is 1.79 bits per heavy atom. The molecule has 0 unspecified atom stereocenters. The van der Waals surface area contributed by atoms with Gasteiger partial charge in [0, 0.05) is 26.2 Å². The van der Waals surface area contributed by atoms with Crippen LogP contribution in [0.15, 0.2) is 59.4 Å². The molecule has 172 valence electrons. The third kappa shape index (κ3) is 4.80. The third-order valence-electron chi connectivity index (χ3n) is 6.10. The second-order valence-electron chi connectivity index (χ2n) is 8.73. The van der Waals surface area contributed by atoms with Gasteiger partial charge in [0.15, 0.2) is 0 Å². The SMILES string of the molecule is CC1(C)c2nc(CC(=O)NCc3ccc(F)cc3)c(O)c(=O)n2CCN1Cc1ccccc1. The fourth-order valence-corrected chi connectivity index (χ4v) is 4.13. The molecule has 2 N–H and O–H groups in total. The number of hydrogen-bond donors (Lipinski definition) is 2. The minimum absolute atomic E-state index is 0.0532. The van der Waals surface area contributed by atoms with Crippen molar-refractivity contribution < 1.29 is 14.3 Å². The molecule has 4 rings (SSSR count). The Balaban J connectivity index is 1.54. The van der Waals surface area contributed by atoms with Gasteiger partial charge >= 0.3 is 0 Å². The van der Waals surface area contributed by atoms with Crippen molar-refractivity contribution in [2.24, 2.45) is 0 Å². The molecular formula is C25H27FN4O3.